The van der Waals surface area contributed by atoms with E-state index in [9.17, 15) is 27.6 Å². The number of hydrogen-bond donors (Lipinski definition) is 2. The molecule has 0 bridgehead atoms. The van der Waals surface area contributed by atoms with Crippen molar-refractivity contribution < 1.29 is 32.4 Å². The summed E-state index contributed by atoms with van der Waals surface area (Å²) in [7, 11) is 0. The Kier molecular flexibility index (Phi) is 6.16. The zero-order valence-electron chi connectivity index (χ0n) is 16.2. The summed E-state index contributed by atoms with van der Waals surface area (Å²) in [5.74, 6) is -0.324. The number of carbonyl (C=O) groups excluding carboxylic acids is 1. The average Bonchev–Trinajstić information content (AvgIpc) is 2.71. The summed E-state index contributed by atoms with van der Waals surface area (Å²) >= 11 is -1.83. The van der Waals surface area contributed by atoms with Crippen LogP contribution < -0.4 is 14.4 Å². The molecule has 1 unspecified atom stereocenters. The number of benzene rings is 1. The van der Waals surface area contributed by atoms with Crippen LogP contribution in [0.2, 0.25) is 0 Å². The van der Waals surface area contributed by atoms with E-state index in [1.165, 1.54) is 16.6 Å². The molecule has 11 heteroatoms. The highest BCUT2D eigenvalue weighted by atomic mass is 32.2. The number of nitrogens with one attached hydrogen (secondary N) is 1. The van der Waals surface area contributed by atoms with Crippen LogP contribution in [0.4, 0.5) is 18.9 Å². The second-order valence-corrected chi connectivity index (χ2v) is 8.68. The van der Waals surface area contributed by atoms with Gasteiger partial charge in [0.1, 0.15) is 30.2 Å². The Labute approximate surface area is 174 Å². The molecule has 2 aromatic rings. The fourth-order valence-electron chi connectivity index (χ4n) is 2.68. The number of rotatable bonds is 5. The number of alkyl halides is 3. The minimum atomic E-state index is -4.49. The molecule has 1 amide bonds. The van der Waals surface area contributed by atoms with E-state index in [-0.39, 0.29) is 41.8 Å². The van der Waals surface area contributed by atoms with Crippen molar-refractivity contribution in [2.45, 2.75) is 30.5 Å². The molecule has 0 aliphatic carbocycles. The molecule has 1 aliphatic rings. The van der Waals surface area contributed by atoms with Crippen LogP contribution >= 0.6 is 0 Å². The van der Waals surface area contributed by atoms with Crippen LogP contribution in [0.1, 0.15) is 29.8 Å². The van der Waals surface area contributed by atoms with E-state index in [1.807, 2.05) is 0 Å². The Morgan fingerprint density at radius 2 is 2.00 bits per heavy atom. The number of pyridine rings is 1. The number of hydrogen-bond acceptors (Lipinski definition) is 6. The third-order valence-corrected chi connectivity index (χ3v) is 5.78. The molecule has 0 spiro atoms. The molecule has 0 fully saturated rings. The Morgan fingerprint density at radius 1 is 1.33 bits per heavy atom. The predicted molar refractivity (Wildman–Crippen MR) is 104 cm³/mol. The van der Waals surface area contributed by atoms with E-state index < -0.39 is 34.5 Å². The third kappa shape index (κ3) is 4.79. The van der Waals surface area contributed by atoms with Gasteiger partial charge in [0.25, 0.3) is 5.91 Å². The number of anilines is 1. The first-order chi connectivity index (χ1) is 14.0. The Bertz CT molecular complexity index is 922. The van der Waals surface area contributed by atoms with Crippen molar-refractivity contribution in [2.24, 2.45) is 0 Å². The topological polar surface area (TPSA) is 97.8 Å². The first kappa shape index (κ1) is 22.2. The molecule has 7 nitrogen and oxygen atoms in total. The van der Waals surface area contributed by atoms with Gasteiger partial charge in [-0.15, -0.1) is 0 Å². The molecule has 1 aromatic carbocycles. The summed E-state index contributed by atoms with van der Waals surface area (Å²) in [5, 5.41) is 12.0. The van der Waals surface area contributed by atoms with Crippen LogP contribution in [-0.2, 0) is 17.5 Å². The summed E-state index contributed by atoms with van der Waals surface area (Å²) in [6, 6.07) is 5.50. The van der Waals surface area contributed by atoms with Gasteiger partial charge in [-0.05, 0) is 44.2 Å². The van der Waals surface area contributed by atoms with E-state index in [0.29, 0.717) is 0 Å². The quantitative estimate of drug-likeness (QED) is 0.690. The van der Waals surface area contributed by atoms with Gasteiger partial charge in [0.2, 0.25) is 5.88 Å². The first-order valence-corrected chi connectivity index (χ1v) is 10.1. The smallest absolute Gasteiger partial charge is 0.416 e. The lowest BCUT2D eigenvalue weighted by atomic mass is 10.1. The van der Waals surface area contributed by atoms with Crippen LogP contribution in [0.3, 0.4) is 0 Å². The van der Waals surface area contributed by atoms with Gasteiger partial charge in [0, 0.05) is 6.20 Å². The van der Waals surface area contributed by atoms with Crippen molar-refractivity contribution in [2.75, 3.05) is 24.1 Å². The fourth-order valence-corrected chi connectivity index (χ4v) is 3.85. The normalized spacial score (nSPS) is 15.2. The lowest BCUT2D eigenvalue weighted by Gasteiger charge is -2.30. The Balaban J connectivity index is 1.88. The second kappa shape index (κ2) is 8.32. The lowest BCUT2D eigenvalue weighted by molar-refractivity contribution is -0.137. The number of fused-ring (bicyclic) bond motifs is 1. The zero-order valence-corrected chi connectivity index (χ0v) is 17.0. The number of nitrogens with zero attached hydrogens (tertiary/aromatic N) is 2. The molecule has 1 aliphatic heterocycles. The summed E-state index contributed by atoms with van der Waals surface area (Å²) in [6.45, 7) is 3.38. The number of carbonyl (C=O) groups is 1. The van der Waals surface area contributed by atoms with Crippen molar-refractivity contribution in [3.05, 3.63) is 47.7 Å². The first-order valence-electron chi connectivity index (χ1n) is 8.95. The highest BCUT2D eigenvalue weighted by Gasteiger charge is 2.34. The Morgan fingerprint density at radius 3 is 2.60 bits per heavy atom. The van der Waals surface area contributed by atoms with Crippen LogP contribution in [0.25, 0.3) is 0 Å². The minimum Gasteiger partial charge on any atom is -0.588 e. The van der Waals surface area contributed by atoms with Crippen molar-refractivity contribution in [3.63, 3.8) is 0 Å². The SMILES string of the molecule is CC(C)(CO)NC(=O)c1cnc2c(c1)N([S+]([O-])c1ccc(C(F)(F)F)cc1)CCO2. The average molecular weight is 443 g/mol. The van der Waals surface area contributed by atoms with Crippen molar-refractivity contribution in [3.8, 4) is 5.88 Å². The summed E-state index contributed by atoms with van der Waals surface area (Å²) in [4.78, 5) is 16.8. The van der Waals surface area contributed by atoms with E-state index in [1.54, 1.807) is 13.8 Å². The second-order valence-electron chi connectivity index (χ2n) is 7.27. The van der Waals surface area contributed by atoms with Crippen molar-refractivity contribution in [1.29, 1.82) is 0 Å². The maximum atomic E-state index is 13.0. The largest absolute Gasteiger partial charge is 0.588 e. The van der Waals surface area contributed by atoms with Gasteiger partial charge in [0.15, 0.2) is 4.90 Å². The minimum absolute atomic E-state index is 0.162. The van der Waals surface area contributed by atoms with E-state index in [2.05, 4.69) is 10.3 Å². The number of aromatic nitrogens is 1. The number of aliphatic hydroxyl groups excluding tert-OH is 1. The molecule has 30 heavy (non-hydrogen) atoms. The highest BCUT2D eigenvalue weighted by molar-refractivity contribution is 7.92. The lowest BCUT2D eigenvalue weighted by Crippen LogP contribution is -2.46. The standard InChI is InChI=1S/C19H20F3N3O4S/c1-18(2,11-26)24-16(27)12-9-15-17(23-10-12)29-8-7-25(15)30(28)14-5-3-13(4-6-14)19(20,21)22/h3-6,9-10,26H,7-8,11H2,1-2H3,(H,24,27). The molecular formula is C19H20F3N3O4S. The molecular weight excluding hydrogens is 423 g/mol. The molecule has 2 heterocycles. The molecule has 3 rings (SSSR count). The summed E-state index contributed by atoms with van der Waals surface area (Å²) < 4.78 is 58.2. The predicted octanol–water partition coefficient (Wildman–Crippen LogP) is 2.52. The third-order valence-electron chi connectivity index (χ3n) is 4.33. The van der Waals surface area contributed by atoms with Crippen molar-refractivity contribution in [1.82, 2.24) is 10.3 Å². The molecule has 1 aromatic heterocycles. The summed E-state index contributed by atoms with van der Waals surface area (Å²) in [5.41, 5.74) is -1.24. The molecule has 0 saturated carbocycles. The van der Waals surface area contributed by atoms with E-state index >= 15 is 0 Å². The fraction of sp³-hybridized carbons (Fsp3) is 0.368. The number of ether oxygens (including phenoxy) is 1. The monoisotopic (exact) mass is 443 g/mol. The van der Waals surface area contributed by atoms with Crippen LogP contribution in [0, 0.1) is 0 Å². The number of aliphatic hydroxyl groups is 1. The van der Waals surface area contributed by atoms with Gasteiger partial charge >= 0.3 is 6.18 Å². The molecule has 162 valence electrons. The number of halogens is 3. The number of amides is 1. The van der Waals surface area contributed by atoms with Crippen LogP contribution in [0.15, 0.2) is 41.4 Å². The van der Waals surface area contributed by atoms with E-state index in [0.717, 1.165) is 24.3 Å². The molecule has 1 atom stereocenters. The highest BCUT2D eigenvalue weighted by Crippen LogP contribution is 2.35. The van der Waals surface area contributed by atoms with Gasteiger partial charge < -0.3 is 19.7 Å². The van der Waals surface area contributed by atoms with Gasteiger partial charge in [-0.1, -0.05) is 0 Å². The Hall–Kier alpha value is -2.50. The molecule has 0 radical (unpaired) electrons. The maximum absolute atomic E-state index is 13.0. The van der Waals surface area contributed by atoms with Crippen LogP contribution in [0.5, 0.6) is 5.88 Å². The molecule has 2 N–H and O–H groups in total. The maximum Gasteiger partial charge on any atom is 0.416 e. The van der Waals surface area contributed by atoms with Gasteiger partial charge in [-0.25, -0.2) is 4.98 Å². The van der Waals surface area contributed by atoms with Crippen LogP contribution in [-0.4, -0.2) is 45.8 Å². The van der Waals surface area contributed by atoms with E-state index in [4.69, 9.17) is 4.74 Å². The summed E-state index contributed by atoms with van der Waals surface area (Å²) in [6.07, 6.45) is -3.19. The van der Waals surface area contributed by atoms with Gasteiger partial charge in [-0.2, -0.15) is 17.5 Å². The molecule has 0 saturated heterocycles. The van der Waals surface area contributed by atoms with Crippen molar-refractivity contribution >= 4 is 23.0 Å². The van der Waals surface area contributed by atoms with Gasteiger partial charge in [0.05, 0.1) is 23.3 Å². The van der Waals surface area contributed by atoms with Gasteiger partial charge in [-0.3, -0.25) is 4.79 Å². The zero-order chi connectivity index (χ0) is 22.1.